The molecule has 0 unspecified atom stereocenters. The second-order valence-corrected chi connectivity index (χ2v) is 4.89. The fraction of sp³-hybridized carbons (Fsp3) is 0.231. The highest BCUT2D eigenvalue weighted by molar-refractivity contribution is 9.10. The Morgan fingerprint density at radius 1 is 1.32 bits per heavy atom. The maximum atomic E-state index is 13.4. The summed E-state index contributed by atoms with van der Waals surface area (Å²) in [6.45, 7) is 2.75. The Labute approximate surface area is 118 Å². The van der Waals surface area contributed by atoms with Crippen molar-refractivity contribution in [1.82, 2.24) is 5.32 Å². The average molecular weight is 330 g/mol. The molecular weight excluding hydrogens is 317 g/mol. The van der Waals surface area contributed by atoms with Crippen molar-refractivity contribution in [3.05, 3.63) is 45.2 Å². The van der Waals surface area contributed by atoms with Gasteiger partial charge in [-0.2, -0.15) is 0 Å². The highest BCUT2D eigenvalue weighted by Gasteiger charge is 2.13. The van der Waals surface area contributed by atoms with Crippen molar-refractivity contribution in [2.45, 2.75) is 20.4 Å². The van der Waals surface area contributed by atoms with Gasteiger partial charge >= 0.3 is 5.97 Å². The van der Waals surface area contributed by atoms with E-state index < -0.39 is 17.7 Å². The van der Waals surface area contributed by atoms with Gasteiger partial charge in [0, 0.05) is 27.7 Å². The van der Waals surface area contributed by atoms with Gasteiger partial charge in [-0.1, -0.05) is 15.9 Å². The van der Waals surface area contributed by atoms with Gasteiger partial charge in [0.1, 0.15) is 5.82 Å². The molecule has 0 radical (unpaired) electrons. The number of amides is 1. The fourth-order valence-corrected chi connectivity index (χ4v) is 1.73. The van der Waals surface area contributed by atoms with Gasteiger partial charge in [-0.15, -0.1) is 0 Å². The molecule has 0 aliphatic carbocycles. The van der Waals surface area contributed by atoms with Crippen LogP contribution in [0, 0.1) is 5.82 Å². The van der Waals surface area contributed by atoms with Crippen LogP contribution in [0.4, 0.5) is 4.39 Å². The number of benzene rings is 1. The lowest BCUT2D eigenvalue weighted by Gasteiger charge is -2.08. The number of carbonyl (C=O) groups excluding carboxylic acids is 1. The molecule has 0 aromatic heterocycles. The van der Waals surface area contributed by atoms with E-state index in [-0.39, 0.29) is 17.7 Å². The topological polar surface area (TPSA) is 66.4 Å². The van der Waals surface area contributed by atoms with Gasteiger partial charge in [-0.25, -0.2) is 9.18 Å². The molecule has 0 saturated carbocycles. The smallest absolute Gasteiger partial charge is 0.331 e. The molecule has 19 heavy (non-hydrogen) atoms. The van der Waals surface area contributed by atoms with E-state index in [0.29, 0.717) is 10.0 Å². The number of halogens is 2. The van der Waals surface area contributed by atoms with Crippen LogP contribution in [0.15, 0.2) is 33.8 Å². The summed E-state index contributed by atoms with van der Waals surface area (Å²) in [6, 6.07) is 4.40. The molecule has 4 nitrogen and oxygen atoms in total. The van der Waals surface area contributed by atoms with E-state index >= 15 is 0 Å². The molecule has 0 aliphatic heterocycles. The second-order valence-electron chi connectivity index (χ2n) is 3.97. The molecule has 1 rings (SSSR count). The molecule has 0 aliphatic rings. The minimum Gasteiger partial charge on any atom is -0.478 e. The summed E-state index contributed by atoms with van der Waals surface area (Å²) in [7, 11) is 0. The predicted molar refractivity (Wildman–Crippen MR) is 72.0 cm³/mol. The molecule has 0 saturated heterocycles. The SMILES string of the molecule is CC(C(=O)O)=C(C)C(=O)NCc1cc(Br)ccc1F. The molecule has 1 aromatic carbocycles. The molecule has 1 amide bonds. The number of hydrogen-bond donors (Lipinski definition) is 2. The molecule has 0 spiro atoms. The molecule has 0 fully saturated rings. The Morgan fingerprint density at radius 3 is 2.53 bits per heavy atom. The fourth-order valence-electron chi connectivity index (χ4n) is 1.32. The summed E-state index contributed by atoms with van der Waals surface area (Å²) in [4.78, 5) is 22.4. The zero-order chi connectivity index (χ0) is 14.6. The van der Waals surface area contributed by atoms with Crippen molar-refractivity contribution in [3.63, 3.8) is 0 Å². The number of aliphatic carboxylic acids is 1. The zero-order valence-electron chi connectivity index (χ0n) is 10.5. The number of nitrogens with one attached hydrogen (secondary N) is 1. The summed E-state index contributed by atoms with van der Waals surface area (Å²) in [5.74, 6) is -2.11. The molecule has 0 atom stereocenters. The maximum absolute atomic E-state index is 13.4. The molecule has 102 valence electrons. The van der Waals surface area contributed by atoms with Gasteiger partial charge in [-0.05, 0) is 32.0 Å². The van der Waals surface area contributed by atoms with Gasteiger partial charge < -0.3 is 10.4 Å². The number of rotatable bonds is 4. The first kappa shape index (κ1) is 15.4. The van der Waals surface area contributed by atoms with Crippen molar-refractivity contribution in [2.24, 2.45) is 0 Å². The quantitative estimate of drug-likeness (QED) is 0.834. The first-order valence-electron chi connectivity index (χ1n) is 5.45. The number of carbonyl (C=O) groups is 2. The van der Waals surface area contributed by atoms with E-state index in [1.165, 1.54) is 19.9 Å². The minimum absolute atomic E-state index is 0.00561. The Balaban J connectivity index is 2.77. The van der Waals surface area contributed by atoms with E-state index in [1.807, 2.05) is 0 Å². The highest BCUT2D eigenvalue weighted by atomic mass is 79.9. The lowest BCUT2D eigenvalue weighted by Crippen LogP contribution is -2.25. The molecule has 6 heteroatoms. The summed E-state index contributed by atoms with van der Waals surface area (Å²) in [5, 5.41) is 11.2. The largest absolute Gasteiger partial charge is 0.478 e. The van der Waals surface area contributed by atoms with Gasteiger partial charge in [0.05, 0.1) is 0 Å². The van der Waals surface area contributed by atoms with Crippen LogP contribution in [0.5, 0.6) is 0 Å². The molecule has 1 aromatic rings. The summed E-state index contributed by atoms with van der Waals surface area (Å²) >= 11 is 3.21. The monoisotopic (exact) mass is 329 g/mol. The highest BCUT2D eigenvalue weighted by Crippen LogP contribution is 2.15. The Kier molecular flexibility index (Phi) is 5.23. The third-order valence-electron chi connectivity index (χ3n) is 2.67. The lowest BCUT2D eigenvalue weighted by atomic mass is 10.1. The number of carboxylic acid groups (broad SMARTS) is 1. The summed E-state index contributed by atoms with van der Waals surface area (Å²) < 4.78 is 14.1. The van der Waals surface area contributed by atoms with E-state index in [9.17, 15) is 14.0 Å². The number of carboxylic acids is 1. The molecule has 0 heterocycles. The predicted octanol–water partition coefficient (Wildman–Crippen LogP) is 2.63. The first-order chi connectivity index (χ1) is 8.82. The van der Waals surface area contributed by atoms with E-state index in [0.717, 1.165) is 0 Å². The Hall–Kier alpha value is -1.69. The van der Waals surface area contributed by atoms with Gasteiger partial charge in [0.25, 0.3) is 0 Å². The van der Waals surface area contributed by atoms with Crippen LogP contribution in [-0.2, 0) is 16.1 Å². The van der Waals surface area contributed by atoms with E-state index in [2.05, 4.69) is 21.2 Å². The van der Waals surface area contributed by atoms with Crippen LogP contribution < -0.4 is 5.32 Å². The van der Waals surface area contributed by atoms with Gasteiger partial charge in [0.15, 0.2) is 0 Å². The molecule has 0 bridgehead atoms. The van der Waals surface area contributed by atoms with Crippen LogP contribution in [0.3, 0.4) is 0 Å². The normalized spacial score (nSPS) is 11.8. The minimum atomic E-state index is -1.15. The number of hydrogen-bond acceptors (Lipinski definition) is 2. The van der Waals surface area contributed by atoms with E-state index in [4.69, 9.17) is 5.11 Å². The Bertz CT molecular complexity index is 555. The average Bonchev–Trinajstić information content (AvgIpc) is 2.37. The van der Waals surface area contributed by atoms with Crippen molar-refractivity contribution in [2.75, 3.05) is 0 Å². The van der Waals surface area contributed by atoms with E-state index in [1.54, 1.807) is 12.1 Å². The van der Waals surface area contributed by atoms with Crippen LogP contribution in [0.2, 0.25) is 0 Å². The van der Waals surface area contributed by atoms with Crippen molar-refractivity contribution in [3.8, 4) is 0 Å². The zero-order valence-corrected chi connectivity index (χ0v) is 12.0. The summed E-state index contributed by atoms with van der Waals surface area (Å²) in [6.07, 6.45) is 0. The Morgan fingerprint density at radius 2 is 1.95 bits per heavy atom. The second kappa shape index (κ2) is 6.47. The van der Waals surface area contributed by atoms with Gasteiger partial charge in [0.2, 0.25) is 5.91 Å². The lowest BCUT2D eigenvalue weighted by molar-refractivity contribution is -0.133. The van der Waals surface area contributed by atoms with Crippen LogP contribution in [0.1, 0.15) is 19.4 Å². The first-order valence-corrected chi connectivity index (χ1v) is 6.25. The van der Waals surface area contributed by atoms with Crippen molar-refractivity contribution in [1.29, 1.82) is 0 Å². The standard InChI is InChI=1S/C13H13BrFNO3/c1-7(8(2)13(18)19)12(17)16-6-9-5-10(14)3-4-11(9)15/h3-5H,6H2,1-2H3,(H,16,17)(H,18,19). The maximum Gasteiger partial charge on any atom is 0.331 e. The molecule has 2 N–H and O–H groups in total. The van der Waals surface area contributed by atoms with Crippen molar-refractivity contribution >= 4 is 27.8 Å². The third-order valence-corrected chi connectivity index (χ3v) is 3.16. The van der Waals surface area contributed by atoms with Crippen LogP contribution in [-0.4, -0.2) is 17.0 Å². The van der Waals surface area contributed by atoms with Crippen molar-refractivity contribution < 1.29 is 19.1 Å². The van der Waals surface area contributed by atoms with Crippen LogP contribution in [0.25, 0.3) is 0 Å². The van der Waals surface area contributed by atoms with Crippen LogP contribution >= 0.6 is 15.9 Å². The van der Waals surface area contributed by atoms with Gasteiger partial charge in [-0.3, -0.25) is 4.79 Å². The third kappa shape index (κ3) is 4.17. The summed E-state index contributed by atoms with van der Waals surface area (Å²) in [5.41, 5.74) is 0.388. The molecular formula is C13H13BrFNO3.